The van der Waals surface area contributed by atoms with Crippen LogP contribution in [0.5, 0.6) is 0 Å². The van der Waals surface area contributed by atoms with Gasteiger partial charge in [0.15, 0.2) is 0 Å². The van der Waals surface area contributed by atoms with Crippen molar-refractivity contribution in [3.63, 3.8) is 0 Å². The minimum atomic E-state index is 0. The van der Waals surface area contributed by atoms with E-state index >= 15 is 0 Å². The van der Waals surface area contributed by atoms with Crippen LogP contribution < -0.4 is 10.6 Å². The first-order valence-electron chi connectivity index (χ1n) is 20.4. The molecule has 3 heteroatoms. The topological polar surface area (TPSA) is 0 Å². The summed E-state index contributed by atoms with van der Waals surface area (Å²) in [4.78, 5) is 0. The zero-order valence-electron chi connectivity index (χ0n) is 31.2. The molecule has 0 N–H and O–H groups in total. The third-order valence-electron chi connectivity index (χ3n) is 12.0. The molecule has 8 rings (SSSR count). The van der Waals surface area contributed by atoms with Gasteiger partial charge in [-0.2, -0.15) is 12.1 Å². The summed E-state index contributed by atoms with van der Waals surface area (Å²) >= 11 is 0. The van der Waals surface area contributed by atoms with E-state index in [0.29, 0.717) is 0 Å². The molecule has 0 spiro atoms. The molecule has 0 atom stereocenters. The minimum Gasteiger partial charge on any atom is -0.161 e. The second-order valence-corrected chi connectivity index (χ2v) is 21.0. The maximum Gasteiger partial charge on any atom is 2.00 e. The fourth-order valence-electron chi connectivity index (χ4n) is 9.58. The molecule has 0 unspecified atom stereocenters. The van der Waals surface area contributed by atoms with Gasteiger partial charge in [-0.1, -0.05) is 130 Å². The zero-order chi connectivity index (χ0) is 33.7. The Bertz CT molecular complexity index is 1340. The van der Waals surface area contributed by atoms with Crippen molar-refractivity contribution >= 4 is 48.0 Å². The number of rotatable bonds is 7. The summed E-state index contributed by atoms with van der Waals surface area (Å²) in [7, 11) is 0.122. The van der Waals surface area contributed by atoms with E-state index in [1.807, 2.05) is 19.1 Å². The summed E-state index contributed by atoms with van der Waals surface area (Å²) in [6, 6.07) is 28.1. The SMILES string of the molecule is C=C/C=C/C.[Ti+2].c1ccc2[cH-]c(P(C3CCCCC3)C3CCCCC3)cc2c1.c1ccc2[cH-]c(P(C3CCCCC3)C3CCCCC3)cc2c1. The first-order chi connectivity index (χ1) is 24.2. The minimum absolute atomic E-state index is 0. The van der Waals surface area contributed by atoms with Crippen molar-refractivity contribution in [3.05, 3.63) is 97.6 Å². The number of allylic oxidation sites excluding steroid dienone is 3. The molecule has 4 aromatic carbocycles. The molecule has 0 amide bonds. The third-order valence-corrected chi connectivity index (χ3v) is 18.9. The molecule has 4 aliphatic carbocycles. The fraction of sp³-hybridized carbons (Fsp3) is 0.532. The van der Waals surface area contributed by atoms with Crippen LogP contribution in [0, 0.1) is 0 Å². The molecular formula is C47H64P2Ti. The second-order valence-electron chi connectivity index (χ2n) is 15.4. The largest absolute Gasteiger partial charge is 2.00 e. The molecule has 0 bridgehead atoms. The smallest absolute Gasteiger partial charge is 0.161 e. The van der Waals surface area contributed by atoms with Gasteiger partial charge in [-0.3, -0.25) is 0 Å². The Morgan fingerprint density at radius 2 is 0.840 bits per heavy atom. The van der Waals surface area contributed by atoms with Gasteiger partial charge < -0.3 is 0 Å². The van der Waals surface area contributed by atoms with Crippen molar-refractivity contribution in [3.8, 4) is 0 Å². The van der Waals surface area contributed by atoms with E-state index in [2.05, 4.69) is 79.4 Å². The zero-order valence-corrected chi connectivity index (χ0v) is 34.6. The van der Waals surface area contributed by atoms with Gasteiger partial charge in [0.2, 0.25) is 0 Å². The Hall–Kier alpha value is -1.29. The maximum absolute atomic E-state index is 3.46. The molecule has 0 heterocycles. The average Bonchev–Trinajstić information content (AvgIpc) is 3.79. The van der Waals surface area contributed by atoms with Gasteiger partial charge in [-0.05, 0) is 80.9 Å². The van der Waals surface area contributed by atoms with E-state index in [9.17, 15) is 0 Å². The molecule has 4 aliphatic rings. The standard InChI is InChI=1S/2C21H28P.C5H8.Ti/c2*1-3-11-19(12-4-1)22(20-13-5-2-6-14-20)21-15-17-9-7-8-10-18(17)16-21;1-3-5-4-2;/h2*7-10,15-16,19-20H,1-6,11-14H2;3-5H,1H2,2H3;/q2*-1;;+2/b;;5-4+;. The second kappa shape index (κ2) is 21.4. The van der Waals surface area contributed by atoms with Crippen LogP contribution in [0.4, 0.5) is 0 Å². The van der Waals surface area contributed by atoms with Crippen molar-refractivity contribution in [2.24, 2.45) is 0 Å². The molecule has 0 aromatic heterocycles. The number of hydrogen-bond donors (Lipinski definition) is 0. The fourth-order valence-corrected chi connectivity index (χ4v) is 17.3. The van der Waals surface area contributed by atoms with Crippen LogP contribution >= 0.6 is 15.8 Å². The maximum atomic E-state index is 3.46. The molecule has 266 valence electrons. The van der Waals surface area contributed by atoms with Crippen LogP contribution in [-0.4, -0.2) is 22.6 Å². The van der Waals surface area contributed by atoms with E-state index in [4.69, 9.17) is 0 Å². The number of fused-ring (bicyclic) bond motifs is 2. The average molecular weight is 739 g/mol. The van der Waals surface area contributed by atoms with Crippen molar-refractivity contribution < 1.29 is 21.7 Å². The van der Waals surface area contributed by atoms with Gasteiger partial charge in [0.05, 0.1) is 0 Å². The van der Waals surface area contributed by atoms with Crippen LogP contribution in [0.1, 0.15) is 135 Å². The third kappa shape index (κ3) is 10.9. The Morgan fingerprint density at radius 3 is 1.10 bits per heavy atom. The van der Waals surface area contributed by atoms with E-state index < -0.39 is 0 Å². The summed E-state index contributed by atoms with van der Waals surface area (Å²) in [5.74, 6) is 0. The van der Waals surface area contributed by atoms with Crippen LogP contribution in [0.15, 0.2) is 97.6 Å². The number of benzene rings is 2. The summed E-state index contributed by atoms with van der Waals surface area (Å²) < 4.78 is 0. The van der Waals surface area contributed by atoms with E-state index in [0.717, 1.165) is 22.6 Å². The monoisotopic (exact) mass is 738 g/mol. The molecular weight excluding hydrogens is 674 g/mol. The summed E-state index contributed by atoms with van der Waals surface area (Å²) in [6.07, 6.45) is 35.4. The van der Waals surface area contributed by atoms with Gasteiger partial charge in [0.1, 0.15) is 0 Å². The van der Waals surface area contributed by atoms with Crippen LogP contribution in [0.25, 0.3) is 21.5 Å². The molecule has 0 nitrogen and oxygen atoms in total. The Labute approximate surface area is 323 Å². The van der Waals surface area contributed by atoms with Gasteiger partial charge in [-0.25, -0.2) is 0 Å². The molecule has 4 saturated carbocycles. The van der Waals surface area contributed by atoms with E-state index in [-0.39, 0.29) is 37.6 Å². The molecule has 50 heavy (non-hydrogen) atoms. The van der Waals surface area contributed by atoms with Crippen molar-refractivity contribution in [2.45, 2.75) is 158 Å². The van der Waals surface area contributed by atoms with Crippen molar-refractivity contribution in [1.82, 2.24) is 0 Å². The molecule has 0 aliphatic heterocycles. The Kier molecular flexibility index (Phi) is 17.1. The summed E-state index contributed by atoms with van der Waals surface area (Å²) in [5, 5.41) is 9.34. The Balaban J connectivity index is 0.000000169. The first kappa shape index (κ1) is 39.9. The van der Waals surface area contributed by atoms with Crippen molar-refractivity contribution in [1.29, 1.82) is 0 Å². The molecule has 0 radical (unpaired) electrons. The normalized spacial score (nSPS) is 20.0. The van der Waals surface area contributed by atoms with Crippen molar-refractivity contribution in [2.75, 3.05) is 0 Å². The van der Waals surface area contributed by atoms with Crippen LogP contribution in [-0.2, 0) is 21.7 Å². The number of hydrogen-bond acceptors (Lipinski definition) is 0. The predicted molar refractivity (Wildman–Crippen MR) is 225 cm³/mol. The van der Waals surface area contributed by atoms with Gasteiger partial charge >= 0.3 is 21.7 Å². The molecule has 4 fully saturated rings. The van der Waals surface area contributed by atoms with E-state index in [1.165, 1.54) is 150 Å². The van der Waals surface area contributed by atoms with Crippen LogP contribution in [0.3, 0.4) is 0 Å². The molecule has 0 saturated heterocycles. The van der Waals surface area contributed by atoms with E-state index in [1.54, 1.807) is 16.7 Å². The van der Waals surface area contributed by atoms with Gasteiger partial charge in [0.25, 0.3) is 0 Å². The quantitative estimate of drug-likeness (QED) is 0.0767. The summed E-state index contributed by atoms with van der Waals surface area (Å²) in [6.45, 7) is 5.42. The van der Waals surface area contributed by atoms with Crippen LogP contribution in [0.2, 0.25) is 0 Å². The first-order valence-corrected chi connectivity index (χ1v) is 23.3. The Morgan fingerprint density at radius 1 is 0.520 bits per heavy atom. The molecule has 4 aromatic rings. The van der Waals surface area contributed by atoms with Gasteiger partial charge in [-0.15, -0.1) is 80.7 Å². The summed E-state index contributed by atoms with van der Waals surface area (Å²) in [5.41, 5.74) is 4.07. The predicted octanol–water partition coefficient (Wildman–Crippen LogP) is 14.4. The van der Waals surface area contributed by atoms with Gasteiger partial charge in [0, 0.05) is 0 Å².